The number of aromatic nitrogens is 6. The van der Waals surface area contributed by atoms with Crippen molar-refractivity contribution in [1.82, 2.24) is 35.7 Å². The SMILES string of the molecule is CCc1nc(CSc2nnnn2CCNC)no1. The molecule has 0 bridgehead atoms. The maximum Gasteiger partial charge on any atom is 0.226 e. The summed E-state index contributed by atoms with van der Waals surface area (Å²) in [5.74, 6) is 1.92. The summed E-state index contributed by atoms with van der Waals surface area (Å²) >= 11 is 1.50. The molecule has 1 N–H and O–H groups in total. The second-order valence-electron chi connectivity index (χ2n) is 3.53. The summed E-state index contributed by atoms with van der Waals surface area (Å²) < 4.78 is 6.79. The van der Waals surface area contributed by atoms with Crippen LogP contribution in [0.15, 0.2) is 9.68 Å². The van der Waals surface area contributed by atoms with Gasteiger partial charge in [-0.15, -0.1) is 5.10 Å². The lowest BCUT2D eigenvalue weighted by molar-refractivity contribution is 0.378. The highest BCUT2D eigenvalue weighted by Gasteiger charge is 2.10. The molecular formula is C9H15N7OS. The topological polar surface area (TPSA) is 94.5 Å². The van der Waals surface area contributed by atoms with Crippen LogP contribution >= 0.6 is 11.8 Å². The van der Waals surface area contributed by atoms with Gasteiger partial charge >= 0.3 is 0 Å². The zero-order chi connectivity index (χ0) is 12.8. The lowest BCUT2D eigenvalue weighted by atomic mass is 10.5. The van der Waals surface area contributed by atoms with Crippen LogP contribution in [0.1, 0.15) is 18.6 Å². The summed E-state index contributed by atoms with van der Waals surface area (Å²) in [6, 6.07) is 0. The number of tetrazole rings is 1. The number of nitrogens with one attached hydrogen (secondary N) is 1. The monoisotopic (exact) mass is 269 g/mol. The summed E-state index contributed by atoms with van der Waals surface area (Å²) in [5, 5.41) is 19.2. The van der Waals surface area contributed by atoms with Crippen LogP contribution in [-0.2, 0) is 18.7 Å². The fourth-order valence-corrected chi connectivity index (χ4v) is 2.03. The summed E-state index contributed by atoms with van der Waals surface area (Å²) in [5.41, 5.74) is 0. The van der Waals surface area contributed by atoms with E-state index in [1.54, 1.807) is 4.68 Å². The predicted molar refractivity (Wildman–Crippen MR) is 65.0 cm³/mol. The van der Waals surface area contributed by atoms with Crippen molar-refractivity contribution in [2.45, 2.75) is 30.8 Å². The van der Waals surface area contributed by atoms with Gasteiger partial charge in [-0.2, -0.15) is 4.98 Å². The van der Waals surface area contributed by atoms with Crippen molar-refractivity contribution in [2.75, 3.05) is 13.6 Å². The molecule has 2 aromatic heterocycles. The van der Waals surface area contributed by atoms with Gasteiger partial charge in [-0.1, -0.05) is 23.8 Å². The van der Waals surface area contributed by atoms with Crippen molar-refractivity contribution in [1.29, 1.82) is 0 Å². The molecule has 18 heavy (non-hydrogen) atoms. The second kappa shape index (κ2) is 6.45. The zero-order valence-electron chi connectivity index (χ0n) is 10.3. The van der Waals surface area contributed by atoms with E-state index in [9.17, 15) is 0 Å². The molecule has 0 radical (unpaired) electrons. The van der Waals surface area contributed by atoms with Gasteiger partial charge < -0.3 is 9.84 Å². The number of aryl methyl sites for hydroxylation is 1. The van der Waals surface area contributed by atoms with Crippen LogP contribution < -0.4 is 5.32 Å². The van der Waals surface area contributed by atoms with E-state index in [-0.39, 0.29) is 0 Å². The molecule has 0 aromatic carbocycles. The highest BCUT2D eigenvalue weighted by Crippen LogP contribution is 2.18. The van der Waals surface area contributed by atoms with Crippen LogP contribution in [0.25, 0.3) is 0 Å². The molecule has 0 saturated carbocycles. The van der Waals surface area contributed by atoms with Gasteiger partial charge in [0.15, 0.2) is 5.82 Å². The molecule has 0 aliphatic rings. The van der Waals surface area contributed by atoms with Crippen LogP contribution in [0.2, 0.25) is 0 Å². The van der Waals surface area contributed by atoms with Gasteiger partial charge in [0, 0.05) is 13.0 Å². The summed E-state index contributed by atoms with van der Waals surface area (Å²) in [7, 11) is 1.89. The minimum Gasteiger partial charge on any atom is -0.339 e. The van der Waals surface area contributed by atoms with Crippen LogP contribution in [0, 0.1) is 0 Å². The number of likely N-dealkylation sites (N-methyl/N-ethyl adjacent to an activating group) is 1. The second-order valence-corrected chi connectivity index (χ2v) is 4.48. The maximum absolute atomic E-state index is 5.04. The van der Waals surface area contributed by atoms with Crippen molar-refractivity contribution in [3.63, 3.8) is 0 Å². The van der Waals surface area contributed by atoms with Crippen molar-refractivity contribution >= 4 is 11.8 Å². The highest BCUT2D eigenvalue weighted by atomic mass is 32.2. The first kappa shape index (κ1) is 13.0. The third kappa shape index (κ3) is 3.26. The van der Waals surface area contributed by atoms with Gasteiger partial charge in [0.1, 0.15) is 0 Å². The van der Waals surface area contributed by atoms with E-state index in [4.69, 9.17) is 4.52 Å². The molecule has 2 rings (SSSR count). The van der Waals surface area contributed by atoms with Crippen molar-refractivity contribution < 1.29 is 4.52 Å². The van der Waals surface area contributed by atoms with Gasteiger partial charge in [-0.05, 0) is 17.5 Å². The van der Waals surface area contributed by atoms with E-state index in [1.807, 2.05) is 14.0 Å². The first-order valence-corrected chi connectivity index (χ1v) is 6.67. The Balaban J connectivity index is 1.91. The van der Waals surface area contributed by atoms with Gasteiger partial charge in [0.05, 0.1) is 12.3 Å². The molecular weight excluding hydrogens is 254 g/mol. The van der Waals surface area contributed by atoms with Gasteiger partial charge in [-0.3, -0.25) is 0 Å². The number of hydrogen-bond donors (Lipinski definition) is 1. The number of nitrogens with zero attached hydrogens (tertiary/aromatic N) is 6. The Morgan fingerprint density at radius 3 is 3.06 bits per heavy atom. The summed E-state index contributed by atoms with van der Waals surface area (Å²) in [4.78, 5) is 4.23. The van der Waals surface area contributed by atoms with E-state index in [1.165, 1.54) is 11.8 Å². The molecule has 8 nitrogen and oxygen atoms in total. The third-order valence-electron chi connectivity index (χ3n) is 2.22. The van der Waals surface area contributed by atoms with E-state index in [0.29, 0.717) is 17.5 Å². The van der Waals surface area contributed by atoms with Crippen molar-refractivity contribution in [2.24, 2.45) is 0 Å². The summed E-state index contributed by atoms with van der Waals surface area (Å²) in [6.45, 7) is 3.53. The Kier molecular flexibility index (Phi) is 4.65. The predicted octanol–water partition coefficient (Wildman–Crippen LogP) is 0.130. The van der Waals surface area contributed by atoms with Crippen LogP contribution in [0.5, 0.6) is 0 Å². The lowest BCUT2D eigenvalue weighted by Crippen LogP contribution is -2.16. The minimum absolute atomic E-state index is 0.601. The molecule has 0 fully saturated rings. The van der Waals surface area contributed by atoms with E-state index in [0.717, 1.165) is 24.7 Å². The lowest BCUT2D eigenvalue weighted by Gasteiger charge is -2.01. The van der Waals surface area contributed by atoms with Crippen molar-refractivity contribution in [3.8, 4) is 0 Å². The highest BCUT2D eigenvalue weighted by molar-refractivity contribution is 7.98. The summed E-state index contributed by atoms with van der Waals surface area (Å²) in [6.07, 6.45) is 0.748. The number of rotatable bonds is 7. The van der Waals surface area contributed by atoms with Gasteiger partial charge in [0.25, 0.3) is 0 Å². The number of hydrogen-bond acceptors (Lipinski definition) is 8. The zero-order valence-corrected chi connectivity index (χ0v) is 11.1. The Labute approximate surface area is 109 Å². The first-order valence-electron chi connectivity index (χ1n) is 5.68. The molecule has 2 aromatic rings. The Hall–Kier alpha value is -1.48. The van der Waals surface area contributed by atoms with Crippen molar-refractivity contribution in [3.05, 3.63) is 11.7 Å². The van der Waals surface area contributed by atoms with E-state index in [2.05, 4.69) is 31.0 Å². The molecule has 9 heteroatoms. The minimum atomic E-state index is 0.601. The van der Waals surface area contributed by atoms with Crippen LogP contribution in [-0.4, -0.2) is 43.9 Å². The normalized spacial score (nSPS) is 11.0. The van der Waals surface area contributed by atoms with Gasteiger partial charge in [-0.25, -0.2) is 4.68 Å². The van der Waals surface area contributed by atoms with Gasteiger partial charge in [0.2, 0.25) is 11.0 Å². The molecule has 0 amide bonds. The van der Waals surface area contributed by atoms with Crippen LogP contribution in [0.3, 0.4) is 0 Å². The first-order chi connectivity index (χ1) is 8.83. The molecule has 0 aliphatic heterocycles. The molecule has 0 aliphatic carbocycles. The Bertz CT molecular complexity index is 483. The quantitative estimate of drug-likeness (QED) is 0.709. The Morgan fingerprint density at radius 1 is 1.44 bits per heavy atom. The largest absolute Gasteiger partial charge is 0.339 e. The average Bonchev–Trinajstić information content (AvgIpc) is 3.02. The molecule has 0 spiro atoms. The van der Waals surface area contributed by atoms with Crippen LogP contribution in [0.4, 0.5) is 0 Å². The fourth-order valence-electron chi connectivity index (χ4n) is 1.28. The van der Waals surface area contributed by atoms with E-state index < -0.39 is 0 Å². The smallest absolute Gasteiger partial charge is 0.226 e. The standard InChI is InChI=1S/C9H15N7OS/c1-3-8-11-7(13-17-8)6-18-9-12-14-15-16(9)5-4-10-2/h10H,3-6H2,1-2H3. The molecule has 0 atom stereocenters. The Morgan fingerprint density at radius 2 is 2.33 bits per heavy atom. The fraction of sp³-hybridized carbons (Fsp3) is 0.667. The number of thioether (sulfide) groups is 1. The molecule has 0 saturated heterocycles. The molecule has 2 heterocycles. The average molecular weight is 269 g/mol. The molecule has 98 valence electrons. The molecule has 0 unspecified atom stereocenters. The third-order valence-corrected chi connectivity index (χ3v) is 3.17. The van der Waals surface area contributed by atoms with E-state index >= 15 is 0 Å². The maximum atomic E-state index is 5.04.